The minimum absolute atomic E-state index is 0.0134. The maximum Gasteiger partial charge on any atom is 0.418 e. The molecule has 0 spiro atoms. The Morgan fingerprint density at radius 1 is 1.25 bits per heavy atom. The van der Waals surface area contributed by atoms with Crippen molar-refractivity contribution in [1.29, 1.82) is 0 Å². The third-order valence-electron chi connectivity index (χ3n) is 1.11. The van der Waals surface area contributed by atoms with Gasteiger partial charge in [0, 0.05) is 9.77 Å². The molecule has 0 unspecified atom stereocenters. The van der Waals surface area contributed by atoms with E-state index in [4.69, 9.17) is 0 Å². The number of nitrogens with zero attached hydrogens (tertiary/aromatic N) is 1. The van der Waals surface area contributed by atoms with Gasteiger partial charge in [0.15, 0.2) is 0 Å². The van der Waals surface area contributed by atoms with Crippen molar-refractivity contribution < 1.29 is 13.2 Å². The topological polar surface area (TPSA) is 12.9 Å². The molecule has 0 saturated carbocycles. The van der Waals surface area contributed by atoms with Gasteiger partial charge in [-0.05, 0) is 51.2 Å². The van der Waals surface area contributed by atoms with Crippen LogP contribution in [0.25, 0.3) is 0 Å². The Balaban J connectivity index is 3.23. The van der Waals surface area contributed by atoms with Gasteiger partial charge in [-0.3, -0.25) is 0 Å². The van der Waals surface area contributed by atoms with Gasteiger partial charge in [0.2, 0.25) is 0 Å². The molecule has 0 radical (unpaired) electrons. The SMILES string of the molecule is FC(F)(F)c1cc(I)cnc1I. The molecule has 1 aromatic rings. The molecule has 0 aliphatic rings. The zero-order chi connectivity index (χ0) is 9.35. The second-order valence-corrected chi connectivity index (χ2v) is 4.26. The number of rotatable bonds is 0. The lowest BCUT2D eigenvalue weighted by Gasteiger charge is -2.07. The van der Waals surface area contributed by atoms with Gasteiger partial charge >= 0.3 is 6.18 Å². The maximum atomic E-state index is 12.2. The molecule has 0 N–H and O–H groups in total. The van der Waals surface area contributed by atoms with Crippen molar-refractivity contribution in [3.8, 4) is 0 Å². The fraction of sp³-hybridized carbons (Fsp3) is 0.167. The lowest BCUT2D eigenvalue weighted by molar-refractivity contribution is -0.138. The molecule has 1 heterocycles. The Labute approximate surface area is 94.0 Å². The Morgan fingerprint density at radius 3 is 2.25 bits per heavy atom. The van der Waals surface area contributed by atoms with Crippen LogP contribution in [-0.4, -0.2) is 4.98 Å². The van der Waals surface area contributed by atoms with Gasteiger partial charge in [-0.15, -0.1) is 0 Å². The van der Waals surface area contributed by atoms with Crippen molar-refractivity contribution in [2.75, 3.05) is 0 Å². The summed E-state index contributed by atoms with van der Waals surface area (Å²) < 4.78 is 37.0. The average Bonchev–Trinajstić information content (AvgIpc) is 1.92. The summed E-state index contributed by atoms with van der Waals surface area (Å²) in [4.78, 5) is 3.60. The highest BCUT2D eigenvalue weighted by Crippen LogP contribution is 2.32. The van der Waals surface area contributed by atoms with Crippen LogP contribution in [0.15, 0.2) is 12.3 Å². The lowest BCUT2D eigenvalue weighted by atomic mass is 10.3. The summed E-state index contributed by atoms with van der Waals surface area (Å²) in [6.45, 7) is 0. The van der Waals surface area contributed by atoms with E-state index in [2.05, 4.69) is 4.98 Å². The average molecular weight is 399 g/mol. The summed E-state index contributed by atoms with van der Waals surface area (Å²) in [5, 5.41) is 0. The minimum atomic E-state index is -4.30. The highest BCUT2D eigenvalue weighted by molar-refractivity contribution is 14.1. The number of alkyl halides is 3. The van der Waals surface area contributed by atoms with Crippen LogP contribution in [0.2, 0.25) is 0 Å². The summed E-state index contributed by atoms with van der Waals surface area (Å²) in [6.07, 6.45) is -2.90. The van der Waals surface area contributed by atoms with Crippen molar-refractivity contribution >= 4 is 45.2 Å². The van der Waals surface area contributed by atoms with E-state index in [-0.39, 0.29) is 3.70 Å². The Morgan fingerprint density at radius 2 is 1.83 bits per heavy atom. The predicted molar refractivity (Wildman–Crippen MR) is 54.7 cm³/mol. The molecule has 0 fully saturated rings. The van der Waals surface area contributed by atoms with Crippen LogP contribution in [0.1, 0.15) is 5.56 Å². The number of halogens is 5. The molecule has 0 amide bonds. The second kappa shape index (κ2) is 3.64. The van der Waals surface area contributed by atoms with Gasteiger partial charge in [0.05, 0.1) is 5.56 Å². The highest BCUT2D eigenvalue weighted by Gasteiger charge is 2.33. The summed E-state index contributed by atoms with van der Waals surface area (Å²) >= 11 is 3.36. The number of pyridine rings is 1. The third-order valence-corrected chi connectivity index (χ3v) is 2.56. The van der Waals surface area contributed by atoms with Crippen LogP contribution in [0.4, 0.5) is 13.2 Å². The molecule has 0 atom stereocenters. The van der Waals surface area contributed by atoms with Gasteiger partial charge in [-0.1, -0.05) is 0 Å². The molecule has 0 aliphatic heterocycles. The van der Waals surface area contributed by atoms with E-state index in [0.717, 1.165) is 6.07 Å². The Kier molecular flexibility index (Phi) is 3.18. The predicted octanol–water partition coefficient (Wildman–Crippen LogP) is 3.31. The number of hydrogen-bond donors (Lipinski definition) is 0. The van der Waals surface area contributed by atoms with E-state index in [1.807, 2.05) is 0 Å². The van der Waals surface area contributed by atoms with E-state index >= 15 is 0 Å². The van der Waals surface area contributed by atoms with Gasteiger partial charge in [-0.2, -0.15) is 13.2 Å². The maximum absolute atomic E-state index is 12.2. The molecule has 0 aliphatic carbocycles. The van der Waals surface area contributed by atoms with Crippen LogP contribution in [-0.2, 0) is 6.18 Å². The van der Waals surface area contributed by atoms with Gasteiger partial charge < -0.3 is 0 Å². The largest absolute Gasteiger partial charge is 0.418 e. The molecule has 1 nitrogen and oxygen atoms in total. The molecule has 0 saturated heterocycles. The van der Waals surface area contributed by atoms with E-state index in [1.54, 1.807) is 45.2 Å². The molecule has 1 rings (SSSR count). The first-order valence-corrected chi connectivity index (χ1v) is 4.95. The Bertz CT molecular complexity index is 297. The normalized spacial score (nSPS) is 11.8. The van der Waals surface area contributed by atoms with Gasteiger partial charge in [0.25, 0.3) is 0 Å². The fourth-order valence-corrected chi connectivity index (χ4v) is 1.67. The van der Waals surface area contributed by atoms with Crippen molar-refractivity contribution in [1.82, 2.24) is 4.98 Å². The minimum Gasteiger partial charge on any atom is -0.249 e. The summed E-state index contributed by atoms with van der Waals surface area (Å²) in [6, 6.07) is 1.08. The van der Waals surface area contributed by atoms with Crippen molar-refractivity contribution in [3.63, 3.8) is 0 Å². The monoisotopic (exact) mass is 399 g/mol. The number of hydrogen-bond acceptors (Lipinski definition) is 1. The summed E-state index contributed by atoms with van der Waals surface area (Å²) in [7, 11) is 0. The number of aromatic nitrogens is 1. The summed E-state index contributed by atoms with van der Waals surface area (Å²) in [5.41, 5.74) is -0.671. The van der Waals surface area contributed by atoms with Gasteiger partial charge in [-0.25, -0.2) is 4.98 Å². The quantitative estimate of drug-likeness (QED) is 0.482. The zero-order valence-electron chi connectivity index (χ0n) is 5.49. The first-order chi connectivity index (χ1) is 5.41. The third kappa shape index (κ3) is 2.44. The molecule has 6 heteroatoms. The van der Waals surface area contributed by atoms with Crippen molar-refractivity contribution in [2.45, 2.75) is 6.18 Å². The van der Waals surface area contributed by atoms with Crippen LogP contribution in [0, 0.1) is 7.27 Å². The van der Waals surface area contributed by atoms with Crippen LogP contribution in [0.3, 0.4) is 0 Å². The molecule has 0 bridgehead atoms. The van der Waals surface area contributed by atoms with Crippen LogP contribution >= 0.6 is 45.2 Å². The Hall–Kier alpha value is 0.400. The van der Waals surface area contributed by atoms with Crippen LogP contribution < -0.4 is 0 Å². The first kappa shape index (κ1) is 10.5. The fourth-order valence-electron chi connectivity index (χ4n) is 0.621. The highest BCUT2D eigenvalue weighted by atomic mass is 127. The van der Waals surface area contributed by atoms with E-state index in [1.165, 1.54) is 6.20 Å². The lowest BCUT2D eigenvalue weighted by Crippen LogP contribution is -2.09. The van der Waals surface area contributed by atoms with Crippen LogP contribution in [0.5, 0.6) is 0 Å². The van der Waals surface area contributed by atoms with E-state index in [0.29, 0.717) is 3.57 Å². The van der Waals surface area contributed by atoms with Crippen molar-refractivity contribution in [2.24, 2.45) is 0 Å². The molecule has 0 aromatic carbocycles. The standard InChI is InChI=1S/C6H2F3I2N/c7-6(8,9)4-1-3(10)2-12-5(4)11/h1-2H. The van der Waals surface area contributed by atoms with E-state index in [9.17, 15) is 13.2 Å². The molecule has 12 heavy (non-hydrogen) atoms. The molecular weight excluding hydrogens is 397 g/mol. The molecular formula is C6H2F3I2N. The van der Waals surface area contributed by atoms with Crippen molar-refractivity contribution in [3.05, 3.63) is 25.1 Å². The second-order valence-electron chi connectivity index (χ2n) is 1.99. The molecule has 66 valence electrons. The zero-order valence-corrected chi connectivity index (χ0v) is 9.81. The van der Waals surface area contributed by atoms with Gasteiger partial charge in [0.1, 0.15) is 3.70 Å². The molecule has 1 aromatic heterocycles. The summed E-state index contributed by atoms with van der Waals surface area (Å²) in [5.74, 6) is 0. The smallest absolute Gasteiger partial charge is 0.249 e. The van der Waals surface area contributed by atoms with E-state index < -0.39 is 11.7 Å². The first-order valence-electron chi connectivity index (χ1n) is 2.79.